The maximum Gasteiger partial charge on any atom is 0.231 e. The van der Waals surface area contributed by atoms with Gasteiger partial charge in [0.25, 0.3) is 0 Å². The van der Waals surface area contributed by atoms with Crippen LogP contribution in [-0.4, -0.2) is 61.2 Å². The number of guanidine groups is 1. The molecule has 1 fully saturated rings. The Labute approximate surface area is 193 Å². The number of hydrogen-bond acceptors (Lipinski definition) is 6. The molecule has 0 radical (unpaired) electrons. The van der Waals surface area contributed by atoms with Crippen molar-refractivity contribution in [2.45, 2.75) is 12.8 Å². The van der Waals surface area contributed by atoms with Crippen molar-refractivity contribution in [1.29, 1.82) is 5.41 Å². The summed E-state index contributed by atoms with van der Waals surface area (Å²) in [6.07, 6.45) is 0. The number of nitrogens with zero attached hydrogens (tertiary/aromatic N) is 2. The van der Waals surface area contributed by atoms with Crippen LogP contribution < -0.4 is 10.6 Å². The Morgan fingerprint density at radius 3 is 2.64 bits per heavy atom. The summed E-state index contributed by atoms with van der Waals surface area (Å²) in [6.45, 7) is 6.89. The van der Waals surface area contributed by atoms with Crippen LogP contribution in [0.25, 0.3) is 0 Å². The van der Waals surface area contributed by atoms with E-state index in [9.17, 15) is 4.79 Å². The molecular formula is C25H29N5O3. The number of carbonyl (C=O) groups excluding carboxylic acids is 1. The molecule has 2 heterocycles. The summed E-state index contributed by atoms with van der Waals surface area (Å²) in [6, 6.07) is 18.6. The summed E-state index contributed by atoms with van der Waals surface area (Å²) in [4.78, 5) is 15.1. The summed E-state index contributed by atoms with van der Waals surface area (Å²) in [7, 11) is 0. The monoisotopic (exact) mass is 447 g/mol. The summed E-state index contributed by atoms with van der Waals surface area (Å²) < 4.78 is 10.7. The topological polar surface area (TPSA) is 103 Å². The lowest BCUT2D eigenvalue weighted by Gasteiger charge is -2.26. The molecule has 0 aliphatic carbocycles. The van der Waals surface area contributed by atoms with E-state index in [2.05, 4.69) is 20.7 Å². The summed E-state index contributed by atoms with van der Waals surface area (Å²) >= 11 is 0. The second-order valence-corrected chi connectivity index (χ2v) is 8.04. The Morgan fingerprint density at radius 2 is 1.85 bits per heavy atom. The van der Waals surface area contributed by atoms with E-state index in [1.54, 1.807) is 6.07 Å². The standard InChI is InChI=1S/C25H29N5O3/c1-18(20-8-5-9-21(16-20)24(31)19-6-3-2-4-7-19)22-17-23(33-29-22)28-25(26)27-10-11-30-12-14-32-15-13-30/h2-9,16-18H,10-15H2,1H3,(H3,26,27,28). The molecule has 1 aliphatic rings. The first-order valence-corrected chi connectivity index (χ1v) is 11.2. The van der Waals surface area contributed by atoms with Gasteiger partial charge >= 0.3 is 0 Å². The highest BCUT2D eigenvalue weighted by Gasteiger charge is 2.17. The third kappa shape index (κ3) is 6.06. The largest absolute Gasteiger partial charge is 0.379 e. The number of benzene rings is 2. The van der Waals surface area contributed by atoms with Crippen molar-refractivity contribution in [2.75, 3.05) is 44.7 Å². The maximum absolute atomic E-state index is 12.8. The Balaban J connectivity index is 1.33. The number of nitrogens with one attached hydrogen (secondary N) is 3. The molecule has 0 amide bonds. The molecule has 0 spiro atoms. The van der Waals surface area contributed by atoms with Gasteiger partial charge in [-0.15, -0.1) is 0 Å². The first-order valence-electron chi connectivity index (χ1n) is 11.2. The van der Waals surface area contributed by atoms with Gasteiger partial charge in [-0.3, -0.25) is 20.4 Å². The van der Waals surface area contributed by atoms with E-state index in [0.717, 1.165) is 44.1 Å². The zero-order valence-corrected chi connectivity index (χ0v) is 18.7. The molecule has 0 saturated carbocycles. The second kappa shape index (κ2) is 10.9. The van der Waals surface area contributed by atoms with Crippen molar-refractivity contribution < 1.29 is 14.1 Å². The number of anilines is 1. The number of rotatable bonds is 8. The average molecular weight is 448 g/mol. The average Bonchev–Trinajstić information content (AvgIpc) is 3.32. The Bertz CT molecular complexity index is 1080. The van der Waals surface area contributed by atoms with Gasteiger partial charge in [0.1, 0.15) is 0 Å². The molecule has 1 aromatic heterocycles. The molecule has 33 heavy (non-hydrogen) atoms. The summed E-state index contributed by atoms with van der Waals surface area (Å²) in [5, 5.41) is 18.2. The van der Waals surface area contributed by atoms with Crippen LogP contribution >= 0.6 is 0 Å². The number of ketones is 1. The normalized spacial score (nSPS) is 15.1. The smallest absolute Gasteiger partial charge is 0.231 e. The first kappa shape index (κ1) is 22.7. The molecule has 4 rings (SSSR count). The first-order chi connectivity index (χ1) is 16.1. The highest BCUT2D eigenvalue weighted by Crippen LogP contribution is 2.26. The lowest BCUT2D eigenvalue weighted by atomic mass is 9.94. The van der Waals surface area contributed by atoms with Crippen molar-refractivity contribution >= 4 is 17.6 Å². The van der Waals surface area contributed by atoms with Gasteiger partial charge in [0.05, 0.1) is 18.9 Å². The van der Waals surface area contributed by atoms with Gasteiger partial charge < -0.3 is 14.6 Å². The SMILES string of the molecule is CC(c1cccc(C(=O)c2ccccc2)c1)c1cc(NC(=N)NCCN2CCOCC2)on1. The van der Waals surface area contributed by atoms with Crippen molar-refractivity contribution in [1.82, 2.24) is 15.4 Å². The van der Waals surface area contributed by atoms with Crippen LogP contribution in [-0.2, 0) is 4.74 Å². The molecule has 1 unspecified atom stereocenters. The Morgan fingerprint density at radius 1 is 1.09 bits per heavy atom. The predicted molar refractivity (Wildman–Crippen MR) is 127 cm³/mol. The van der Waals surface area contributed by atoms with Crippen LogP contribution in [0.4, 0.5) is 5.88 Å². The third-order valence-electron chi connectivity index (χ3n) is 5.74. The van der Waals surface area contributed by atoms with Crippen LogP contribution in [0.5, 0.6) is 0 Å². The van der Waals surface area contributed by atoms with Gasteiger partial charge in [-0.1, -0.05) is 60.6 Å². The number of carbonyl (C=O) groups is 1. The van der Waals surface area contributed by atoms with Gasteiger partial charge in [0, 0.05) is 49.3 Å². The highest BCUT2D eigenvalue weighted by molar-refractivity contribution is 6.09. The minimum Gasteiger partial charge on any atom is -0.379 e. The Hall–Kier alpha value is -3.49. The van der Waals surface area contributed by atoms with Crippen molar-refractivity contribution in [2.24, 2.45) is 0 Å². The molecule has 0 bridgehead atoms. The highest BCUT2D eigenvalue weighted by atomic mass is 16.5. The molecule has 2 aromatic carbocycles. The predicted octanol–water partition coefficient (Wildman–Crippen LogP) is 3.33. The number of ether oxygens (including phenoxy) is 1. The van der Waals surface area contributed by atoms with E-state index in [1.165, 1.54) is 0 Å². The minimum absolute atomic E-state index is 0.0104. The zero-order chi connectivity index (χ0) is 23.0. The molecule has 1 atom stereocenters. The fourth-order valence-electron chi connectivity index (χ4n) is 3.76. The quantitative estimate of drug-likeness (QED) is 0.276. The molecule has 1 saturated heterocycles. The van der Waals surface area contributed by atoms with Crippen LogP contribution in [0, 0.1) is 5.41 Å². The van der Waals surface area contributed by atoms with E-state index >= 15 is 0 Å². The fraction of sp³-hybridized carbons (Fsp3) is 0.320. The van der Waals surface area contributed by atoms with E-state index in [0.29, 0.717) is 23.6 Å². The molecule has 1 aliphatic heterocycles. The number of aromatic nitrogens is 1. The van der Waals surface area contributed by atoms with Gasteiger partial charge in [-0.25, -0.2) is 0 Å². The van der Waals surface area contributed by atoms with Gasteiger partial charge in [0.15, 0.2) is 11.7 Å². The van der Waals surface area contributed by atoms with Gasteiger partial charge in [-0.2, -0.15) is 0 Å². The lowest BCUT2D eigenvalue weighted by Crippen LogP contribution is -2.42. The van der Waals surface area contributed by atoms with E-state index in [-0.39, 0.29) is 17.7 Å². The second-order valence-electron chi connectivity index (χ2n) is 8.04. The fourth-order valence-corrected chi connectivity index (χ4v) is 3.76. The van der Waals surface area contributed by atoms with Crippen molar-refractivity contribution in [3.8, 4) is 0 Å². The maximum atomic E-state index is 12.8. The van der Waals surface area contributed by atoms with Crippen LogP contribution in [0.3, 0.4) is 0 Å². The Kier molecular flexibility index (Phi) is 7.49. The van der Waals surface area contributed by atoms with E-state index < -0.39 is 0 Å². The molecular weight excluding hydrogens is 418 g/mol. The van der Waals surface area contributed by atoms with E-state index in [4.69, 9.17) is 14.7 Å². The molecule has 3 N–H and O–H groups in total. The minimum atomic E-state index is -0.0729. The van der Waals surface area contributed by atoms with Crippen molar-refractivity contribution in [3.63, 3.8) is 0 Å². The van der Waals surface area contributed by atoms with Crippen LogP contribution in [0.2, 0.25) is 0 Å². The van der Waals surface area contributed by atoms with Gasteiger partial charge in [-0.05, 0) is 11.6 Å². The summed E-state index contributed by atoms with van der Waals surface area (Å²) in [5.41, 5.74) is 2.99. The van der Waals surface area contributed by atoms with Crippen LogP contribution in [0.1, 0.15) is 40.0 Å². The van der Waals surface area contributed by atoms with E-state index in [1.807, 2.05) is 61.5 Å². The number of morpholine rings is 1. The summed E-state index contributed by atoms with van der Waals surface area (Å²) in [5.74, 6) is 0.478. The van der Waals surface area contributed by atoms with Crippen molar-refractivity contribution in [3.05, 3.63) is 83.0 Å². The molecule has 8 nitrogen and oxygen atoms in total. The van der Waals surface area contributed by atoms with Gasteiger partial charge in [0.2, 0.25) is 5.88 Å². The molecule has 3 aromatic rings. The number of hydrogen-bond donors (Lipinski definition) is 3. The zero-order valence-electron chi connectivity index (χ0n) is 18.7. The molecule has 8 heteroatoms. The molecule has 172 valence electrons. The van der Waals surface area contributed by atoms with Crippen LogP contribution in [0.15, 0.2) is 65.2 Å². The lowest BCUT2D eigenvalue weighted by molar-refractivity contribution is 0.0389. The third-order valence-corrected chi connectivity index (χ3v) is 5.74.